The van der Waals surface area contributed by atoms with Crippen LogP contribution in [0.15, 0.2) is 36.5 Å². The minimum absolute atomic E-state index is 0.119. The summed E-state index contributed by atoms with van der Waals surface area (Å²) in [7, 11) is 1.47. The number of carboxylic acids is 1. The third kappa shape index (κ3) is 4.54. The smallest absolute Gasteiger partial charge is 0.326 e. The number of aromatic nitrogens is 2. The van der Waals surface area contributed by atoms with Crippen molar-refractivity contribution in [1.29, 1.82) is 0 Å². The summed E-state index contributed by atoms with van der Waals surface area (Å²) in [5.74, 6) is -1.68. The Bertz CT molecular complexity index is 702. The summed E-state index contributed by atoms with van der Waals surface area (Å²) < 4.78 is 6.33. The van der Waals surface area contributed by atoms with Crippen molar-refractivity contribution in [2.45, 2.75) is 12.5 Å². The largest absolute Gasteiger partial charge is 0.480 e. The van der Waals surface area contributed by atoms with Crippen LogP contribution in [0, 0.1) is 0 Å². The lowest BCUT2D eigenvalue weighted by Crippen LogP contribution is -2.41. The topological polar surface area (TPSA) is 93.5 Å². The molecule has 1 amide bonds. The van der Waals surface area contributed by atoms with Crippen LogP contribution >= 0.6 is 11.6 Å². The molecule has 0 spiro atoms. The quantitative estimate of drug-likeness (QED) is 0.802. The van der Waals surface area contributed by atoms with Crippen molar-refractivity contribution < 1.29 is 19.4 Å². The van der Waals surface area contributed by atoms with Gasteiger partial charge in [-0.3, -0.25) is 4.79 Å². The number of hydrogen-bond donors (Lipinski definition) is 2. The number of carbonyl (C=O) groups is 2. The fraction of sp³-hybridized carbons (Fsp3) is 0.267. The molecule has 1 aromatic carbocycles. The Morgan fingerprint density at radius 2 is 2.22 bits per heavy atom. The first-order valence-electron chi connectivity index (χ1n) is 6.85. The average molecular weight is 338 g/mol. The van der Waals surface area contributed by atoms with Crippen molar-refractivity contribution in [3.63, 3.8) is 0 Å². The number of benzene rings is 1. The van der Waals surface area contributed by atoms with E-state index in [2.05, 4.69) is 10.4 Å². The van der Waals surface area contributed by atoms with Gasteiger partial charge < -0.3 is 15.2 Å². The van der Waals surface area contributed by atoms with E-state index in [1.165, 1.54) is 17.9 Å². The highest BCUT2D eigenvalue weighted by molar-refractivity contribution is 6.30. The Hall–Kier alpha value is -2.38. The molecule has 1 aromatic heterocycles. The number of hydrogen-bond acceptors (Lipinski definition) is 4. The molecular weight excluding hydrogens is 322 g/mol. The second-order valence-corrected chi connectivity index (χ2v) is 5.21. The predicted octanol–water partition coefficient (Wildman–Crippen LogP) is 1.75. The van der Waals surface area contributed by atoms with Gasteiger partial charge in [0.2, 0.25) is 0 Å². The molecule has 2 rings (SSSR count). The first-order valence-corrected chi connectivity index (χ1v) is 7.23. The van der Waals surface area contributed by atoms with Crippen molar-refractivity contribution in [2.24, 2.45) is 0 Å². The molecule has 23 heavy (non-hydrogen) atoms. The van der Waals surface area contributed by atoms with Crippen molar-refractivity contribution in [3.8, 4) is 5.69 Å². The summed E-state index contributed by atoms with van der Waals surface area (Å²) in [4.78, 5) is 23.2. The van der Waals surface area contributed by atoms with E-state index in [1.54, 1.807) is 30.5 Å². The lowest BCUT2D eigenvalue weighted by Gasteiger charge is -2.12. The molecule has 8 heteroatoms. The number of nitrogens with zero attached hydrogens (tertiary/aromatic N) is 2. The lowest BCUT2D eigenvalue weighted by molar-refractivity contribution is -0.139. The van der Waals surface area contributed by atoms with Gasteiger partial charge >= 0.3 is 5.97 Å². The Kier molecular flexibility index (Phi) is 5.72. The number of methoxy groups -OCH3 is 1. The summed E-state index contributed by atoms with van der Waals surface area (Å²) in [6.45, 7) is 0.230. The maximum Gasteiger partial charge on any atom is 0.326 e. The molecule has 2 aromatic rings. The lowest BCUT2D eigenvalue weighted by atomic mass is 10.2. The highest BCUT2D eigenvalue weighted by Gasteiger charge is 2.21. The Morgan fingerprint density at radius 3 is 2.87 bits per heavy atom. The maximum atomic E-state index is 12.1. The van der Waals surface area contributed by atoms with Crippen LogP contribution in [0.25, 0.3) is 5.69 Å². The van der Waals surface area contributed by atoms with E-state index >= 15 is 0 Å². The zero-order valence-corrected chi connectivity index (χ0v) is 13.2. The van der Waals surface area contributed by atoms with Crippen molar-refractivity contribution >= 4 is 23.5 Å². The van der Waals surface area contributed by atoms with Crippen molar-refractivity contribution in [1.82, 2.24) is 15.1 Å². The molecule has 0 bridgehead atoms. The van der Waals surface area contributed by atoms with E-state index < -0.39 is 17.9 Å². The molecule has 2 N–H and O–H groups in total. The molecule has 0 aliphatic carbocycles. The summed E-state index contributed by atoms with van der Waals surface area (Å²) in [5, 5.41) is 16.2. The van der Waals surface area contributed by atoms with Crippen LogP contribution in [-0.4, -0.2) is 46.5 Å². The van der Waals surface area contributed by atoms with Crippen LogP contribution in [0.3, 0.4) is 0 Å². The van der Waals surface area contributed by atoms with Gasteiger partial charge in [-0.25, -0.2) is 9.48 Å². The molecule has 0 aliphatic heterocycles. The number of rotatable bonds is 7. The Balaban J connectivity index is 2.10. The Labute approximate surface area is 137 Å². The number of carbonyl (C=O) groups excluding carboxylic acids is 1. The second kappa shape index (κ2) is 7.75. The number of carboxylic acid groups (broad SMARTS) is 1. The van der Waals surface area contributed by atoms with Gasteiger partial charge in [0.25, 0.3) is 5.91 Å². The van der Waals surface area contributed by atoms with Crippen molar-refractivity contribution in [2.75, 3.05) is 13.7 Å². The van der Waals surface area contributed by atoms with Gasteiger partial charge in [-0.1, -0.05) is 17.7 Å². The monoisotopic (exact) mass is 337 g/mol. The number of amides is 1. The fourth-order valence-electron chi connectivity index (χ4n) is 1.93. The van der Waals surface area contributed by atoms with Gasteiger partial charge in [-0.15, -0.1) is 0 Å². The number of nitrogens with one attached hydrogen (secondary N) is 1. The summed E-state index contributed by atoms with van der Waals surface area (Å²) >= 11 is 5.92. The summed E-state index contributed by atoms with van der Waals surface area (Å²) in [6.07, 6.45) is 1.78. The third-order valence-electron chi connectivity index (χ3n) is 3.11. The van der Waals surface area contributed by atoms with E-state index in [-0.39, 0.29) is 18.7 Å². The molecule has 0 aliphatic rings. The van der Waals surface area contributed by atoms with Gasteiger partial charge in [0.15, 0.2) is 5.69 Å². The number of aliphatic carboxylic acids is 1. The molecule has 1 unspecified atom stereocenters. The highest BCUT2D eigenvalue weighted by atomic mass is 35.5. The standard InChI is InChI=1S/C15H16ClN3O4/c1-23-8-6-13(15(21)22)17-14(20)12-5-7-19(18-12)11-4-2-3-10(16)9-11/h2-5,7,9,13H,6,8H2,1H3,(H,17,20)(H,21,22). The second-order valence-electron chi connectivity index (χ2n) is 4.77. The van der Waals surface area contributed by atoms with Gasteiger partial charge in [0, 0.05) is 31.4 Å². The number of ether oxygens (including phenoxy) is 1. The first kappa shape index (κ1) is 17.0. The van der Waals surface area contributed by atoms with Crippen LogP contribution in [0.5, 0.6) is 0 Å². The minimum Gasteiger partial charge on any atom is -0.480 e. The zero-order valence-electron chi connectivity index (χ0n) is 12.4. The molecule has 0 fully saturated rings. The van der Waals surface area contributed by atoms with E-state index in [0.29, 0.717) is 10.7 Å². The number of halogens is 1. The van der Waals surface area contributed by atoms with Crippen LogP contribution in [0.4, 0.5) is 0 Å². The highest BCUT2D eigenvalue weighted by Crippen LogP contribution is 2.14. The third-order valence-corrected chi connectivity index (χ3v) is 3.34. The van der Waals surface area contributed by atoms with E-state index in [1.807, 2.05) is 0 Å². The molecule has 122 valence electrons. The average Bonchev–Trinajstić information content (AvgIpc) is 3.01. The van der Waals surface area contributed by atoms with Gasteiger partial charge in [0.1, 0.15) is 6.04 Å². The maximum absolute atomic E-state index is 12.1. The predicted molar refractivity (Wildman–Crippen MR) is 84.0 cm³/mol. The van der Waals surface area contributed by atoms with Crippen molar-refractivity contribution in [3.05, 3.63) is 47.2 Å². The van der Waals surface area contributed by atoms with Gasteiger partial charge in [0.05, 0.1) is 5.69 Å². The van der Waals surface area contributed by atoms with E-state index in [0.717, 1.165) is 0 Å². The molecule has 0 saturated heterocycles. The SMILES string of the molecule is COCCC(NC(=O)c1ccn(-c2cccc(Cl)c2)n1)C(=O)O. The first-order chi connectivity index (χ1) is 11.0. The zero-order chi connectivity index (χ0) is 16.8. The van der Waals surface area contributed by atoms with Crippen LogP contribution in [-0.2, 0) is 9.53 Å². The summed E-state index contributed by atoms with van der Waals surface area (Å²) in [6, 6.07) is 7.47. The van der Waals surface area contributed by atoms with Crippen LogP contribution < -0.4 is 5.32 Å². The molecule has 7 nitrogen and oxygen atoms in total. The molecule has 1 atom stereocenters. The Morgan fingerprint density at radius 1 is 1.43 bits per heavy atom. The van der Waals surface area contributed by atoms with Crippen LogP contribution in [0.1, 0.15) is 16.9 Å². The molecule has 0 radical (unpaired) electrons. The van der Waals surface area contributed by atoms with Gasteiger partial charge in [-0.05, 0) is 24.3 Å². The molecule has 0 saturated carbocycles. The normalized spacial score (nSPS) is 11.9. The summed E-state index contributed by atoms with van der Waals surface area (Å²) in [5.41, 5.74) is 0.819. The molecule has 1 heterocycles. The van der Waals surface area contributed by atoms with E-state index in [4.69, 9.17) is 21.4 Å². The van der Waals surface area contributed by atoms with Crippen LogP contribution in [0.2, 0.25) is 5.02 Å². The molecular formula is C15H16ClN3O4. The van der Waals surface area contributed by atoms with E-state index in [9.17, 15) is 9.59 Å². The fourth-order valence-corrected chi connectivity index (χ4v) is 2.12. The van der Waals surface area contributed by atoms with Gasteiger partial charge in [-0.2, -0.15) is 5.10 Å². The minimum atomic E-state index is -1.12.